The highest BCUT2D eigenvalue weighted by atomic mass is 16.5. The van der Waals surface area contributed by atoms with Gasteiger partial charge in [-0.05, 0) is 44.2 Å². The Balaban J connectivity index is 1.86. The average Bonchev–Trinajstić information content (AvgIpc) is 2.96. The Morgan fingerprint density at radius 1 is 1.11 bits per heavy atom. The number of benzene rings is 2. The van der Waals surface area contributed by atoms with Crippen LogP contribution in [0, 0.1) is 0 Å². The molecule has 3 rings (SSSR count). The van der Waals surface area contributed by atoms with Gasteiger partial charge in [-0.15, -0.1) is 0 Å². The van der Waals surface area contributed by atoms with Crippen LogP contribution in [0.25, 0.3) is 6.08 Å². The molecule has 0 spiro atoms. The van der Waals surface area contributed by atoms with Crippen LogP contribution in [0.5, 0.6) is 23.0 Å². The lowest BCUT2D eigenvalue weighted by atomic mass is 10.1. The van der Waals surface area contributed by atoms with Crippen LogP contribution in [-0.4, -0.2) is 26.6 Å². The number of Topliss-reactive ketones (excluding diaryl/α,β-unsaturated/α-hetero) is 1. The normalized spacial score (nSPS) is 13.8. The van der Waals surface area contributed by atoms with Crippen LogP contribution >= 0.6 is 0 Å². The first-order valence-corrected chi connectivity index (χ1v) is 8.59. The third kappa shape index (κ3) is 3.97. The van der Waals surface area contributed by atoms with Crippen LogP contribution in [0.3, 0.4) is 0 Å². The third-order valence-electron chi connectivity index (χ3n) is 4.10. The molecular formula is C22H22O5. The largest absolute Gasteiger partial charge is 0.493 e. The van der Waals surface area contributed by atoms with Crippen LogP contribution in [0.1, 0.15) is 29.8 Å². The van der Waals surface area contributed by atoms with Gasteiger partial charge in [0.05, 0.1) is 19.8 Å². The van der Waals surface area contributed by atoms with Crippen molar-refractivity contribution in [2.75, 3.05) is 20.8 Å². The molecule has 27 heavy (non-hydrogen) atoms. The summed E-state index contributed by atoms with van der Waals surface area (Å²) < 4.78 is 22.2. The Morgan fingerprint density at radius 2 is 1.93 bits per heavy atom. The highest BCUT2D eigenvalue weighted by Gasteiger charge is 2.28. The molecule has 0 saturated heterocycles. The number of rotatable bonds is 6. The van der Waals surface area contributed by atoms with E-state index in [0.717, 1.165) is 0 Å². The fraction of sp³-hybridized carbons (Fsp3) is 0.227. The number of carbonyl (C=O) groups excluding carboxylic acids is 1. The highest BCUT2D eigenvalue weighted by molar-refractivity contribution is 6.14. The molecule has 0 amide bonds. The molecule has 0 saturated carbocycles. The topological polar surface area (TPSA) is 54.0 Å². The van der Waals surface area contributed by atoms with Crippen LogP contribution < -0.4 is 18.9 Å². The standard InChI is InChI=1S/C22H22O5/c1-14(2)10-11-26-16-8-9-17-19(13-16)27-20(21(17)23)12-15-6-5-7-18(24-3)22(15)25-4/h5-10,12-13H,11H2,1-4H3/b20-12-. The second kappa shape index (κ2) is 7.99. The van der Waals surface area contributed by atoms with Gasteiger partial charge < -0.3 is 18.9 Å². The lowest BCUT2D eigenvalue weighted by molar-refractivity contribution is 0.101. The second-order valence-corrected chi connectivity index (χ2v) is 6.27. The Hall–Kier alpha value is -3.21. The second-order valence-electron chi connectivity index (χ2n) is 6.27. The predicted octanol–water partition coefficient (Wildman–Crippen LogP) is 4.67. The van der Waals surface area contributed by atoms with Gasteiger partial charge in [0.2, 0.25) is 5.78 Å². The molecule has 1 heterocycles. The van der Waals surface area contributed by atoms with Crippen molar-refractivity contribution in [3.05, 3.63) is 64.9 Å². The molecule has 0 bridgehead atoms. The summed E-state index contributed by atoms with van der Waals surface area (Å²) in [6, 6.07) is 10.7. The summed E-state index contributed by atoms with van der Waals surface area (Å²) in [5.41, 5.74) is 2.39. The van der Waals surface area contributed by atoms with Crippen LogP contribution in [-0.2, 0) is 0 Å². The van der Waals surface area contributed by atoms with Crippen LogP contribution in [0.4, 0.5) is 0 Å². The highest BCUT2D eigenvalue weighted by Crippen LogP contribution is 2.37. The minimum absolute atomic E-state index is 0.175. The van der Waals surface area contributed by atoms with Crippen molar-refractivity contribution in [2.45, 2.75) is 13.8 Å². The number of carbonyl (C=O) groups is 1. The Morgan fingerprint density at radius 3 is 2.63 bits per heavy atom. The number of para-hydroxylation sites is 1. The molecule has 5 heteroatoms. The zero-order chi connectivity index (χ0) is 19.4. The van der Waals surface area contributed by atoms with E-state index in [2.05, 4.69) is 0 Å². The van der Waals surface area contributed by atoms with Crippen LogP contribution in [0.15, 0.2) is 53.8 Å². The Labute approximate surface area is 158 Å². The van der Waals surface area contributed by atoms with Gasteiger partial charge in [0, 0.05) is 11.6 Å². The summed E-state index contributed by atoms with van der Waals surface area (Å²) in [5.74, 6) is 2.33. The molecule has 0 unspecified atom stereocenters. The number of methoxy groups -OCH3 is 2. The van der Waals surface area contributed by atoms with Crippen molar-refractivity contribution in [3.63, 3.8) is 0 Å². The maximum atomic E-state index is 12.7. The van der Waals surface area contributed by atoms with E-state index < -0.39 is 0 Å². The van der Waals surface area contributed by atoms with E-state index in [-0.39, 0.29) is 11.5 Å². The number of hydrogen-bond acceptors (Lipinski definition) is 5. The number of ether oxygens (including phenoxy) is 4. The first-order chi connectivity index (χ1) is 13.0. The first-order valence-electron chi connectivity index (χ1n) is 8.59. The maximum absolute atomic E-state index is 12.7. The van der Waals surface area contributed by atoms with E-state index in [9.17, 15) is 4.79 Å². The predicted molar refractivity (Wildman–Crippen MR) is 104 cm³/mol. The molecule has 0 aromatic heterocycles. The van der Waals surface area contributed by atoms with E-state index in [1.54, 1.807) is 44.6 Å². The maximum Gasteiger partial charge on any atom is 0.231 e. The zero-order valence-corrected chi connectivity index (χ0v) is 15.9. The van der Waals surface area contributed by atoms with Crippen molar-refractivity contribution in [3.8, 4) is 23.0 Å². The number of fused-ring (bicyclic) bond motifs is 1. The first kappa shape index (κ1) is 18.6. The smallest absolute Gasteiger partial charge is 0.231 e. The zero-order valence-electron chi connectivity index (χ0n) is 15.9. The molecule has 2 aromatic carbocycles. The SMILES string of the molecule is COc1cccc(/C=C2\Oc3cc(OCC=C(C)C)ccc3C2=O)c1OC. The van der Waals surface area contributed by atoms with E-state index in [0.29, 0.717) is 40.7 Å². The van der Waals surface area contributed by atoms with E-state index in [1.165, 1.54) is 5.57 Å². The third-order valence-corrected chi connectivity index (χ3v) is 4.10. The molecular weight excluding hydrogens is 344 g/mol. The van der Waals surface area contributed by atoms with Gasteiger partial charge in [0.25, 0.3) is 0 Å². The number of hydrogen-bond donors (Lipinski definition) is 0. The van der Waals surface area contributed by atoms with Gasteiger partial charge in [-0.3, -0.25) is 4.79 Å². The summed E-state index contributed by atoms with van der Waals surface area (Å²) in [7, 11) is 3.13. The van der Waals surface area contributed by atoms with Crippen molar-refractivity contribution in [1.82, 2.24) is 0 Å². The number of allylic oxidation sites excluding steroid dienone is 2. The van der Waals surface area contributed by atoms with Gasteiger partial charge in [0.1, 0.15) is 18.1 Å². The summed E-state index contributed by atoms with van der Waals surface area (Å²) in [5, 5.41) is 0. The molecule has 0 aliphatic carbocycles. The minimum Gasteiger partial charge on any atom is -0.493 e. The summed E-state index contributed by atoms with van der Waals surface area (Å²) in [4.78, 5) is 12.7. The van der Waals surface area contributed by atoms with E-state index in [4.69, 9.17) is 18.9 Å². The molecule has 0 N–H and O–H groups in total. The van der Waals surface area contributed by atoms with Crippen molar-refractivity contribution < 1.29 is 23.7 Å². The fourth-order valence-electron chi connectivity index (χ4n) is 2.73. The van der Waals surface area contributed by atoms with Gasteiger partial charge in [-0.2, -0.15) is 0 Å². The lowest BCUT2D eigenvalue weighted by Gasteiger charge is -2.10. The molecule has 0 fully saturated rings. The Bertz CT molecular complexity index is 920. The minimum atomic E-state index is -0.175. The van der Waals surface area contributed by atoms with E-state index in [1.807, 2.05) is 32.1 Å². The molecule has 0 atom stereocenters. The molecule has 2 aromatic rings. The monoisotopic (exact) mass is 366 g/mol. The van der Waals surface area contributed by atoms with Crippen LogP contribution in [0.2, 0.25) is 0 Å². The average molecular weight is 366 g/mol. The fourth-order valence-corrected chi connectivity index (χ4v) is 2.73. The molecule has 1 aliphatic rings. The molecule has 0 radical (unpaired) electrons. The van der Waals surface area contributed by atoms with Gasteiger partial charge >= 0.3 is 0 Å². The quantitative estimate of drug-likeness (QED) is 0.549. The van der Waals surface area contributed by atoms with Crippen molar-refractivity contribution in [1.29, 1.82) is 0 Å². The molecule has 1 aliphatic heterocycles. The summed E-state index contributed by atoms with van der Waals surface area (Å²) in [6.45, 7) is 4.49. The van der Waals surface area contributed by atoms with Gasteiger partial charge in [0.15, 0.2) is 17.3 Å². The van der Waals surface area contributed by atoms with Crippen molar-refractivity contribution in [2.24, 2.45) is 0 Å². The van der Waals surface area contributed by atoms with E-state index >= 15 is 0 Å². The Kier molecular flexibility index (Phi) is 5.50. The number of ketones is 1. The lowest BCUT2D eigenvalue weighted by Crippen LogP contribution is -1.99. The molecule has 140 valence electrons. The van der Waals surface area contributed by atoms with Gasteiger partial charge in [-0.1, -0.05) is 17.7 Å². The molecule has 5 nitrogen and oxygen atoms in total. The summed E-state index contributed by atoms with van der Waals surface area (Å²) in [6.07, 6.45) is 3.65. The van der Waals surface area contributed by atoms with Gasteiger partial charge in [-0.25, -0.2) is 0 Å². The van der Waals surface area contributed by atoms with Crippen molar-refractivity contribution >= 4 is 11.9 Å². The summed E-state index contributed by atoms with van der Waals surface area (Å²) >= 11 is 0.